The molecule has 3 aromatic carbocycles. The van der Waals surface area contributed by atoms with Gasteiger partial charge in [0.2, 0.25) is 5.91 Å². The molecule has 0 saturated heterocycles. The summed E-state index contributed by atoms with van der Waals surface area (Å²) in [5, 5.41) is 7.91. The van der Waals surface area contributed by atoms with E-state index in [1.54, 1.807) is 18.2 Å². The molecule has 5 nitrogen and oxygen atoms in total. The summed E-state index contributed by atoms with van der Waals surface area (Å²) in [5.41, 5.74) is 0.281. The van der Waals surface area contributed by atoms with Crippen molar-refractivity contribution in [2.45, 2.75) is 19.1 Å². The Morgan fingerprint density at radius 2 is 1.59 bits per heavy atom. The van der Waals surface area contributed by atoms with Crippen LogP contribution in [0.15, 0.2) is 83.7 Å². The SMILES string of the molecule is O=C(Cn1nc(Cc2ccccc2)c2ccccc2c1=O)Nc1cccc(C(F)(F)F)c1. The molecule has 0 aliphatic heterocycles. The highest BCUT2D eigenvalue weighted by atomic mass is 19.4. The van der Waals surface area contributed by atoms with Gasteiger partial charge >= 0.3 is 6.18 Å². The summed E-state index contributed by atoms with van der Waals surface area (Å²) in [5.74, 6) is -0.653. The summed E-state index contributed by atoms with van der Waals surface area (Å²) in [6, 6.07) is 20.9. The minimum Gasteiger partial charge on any atom is -0.324 e. The molecule has 0 spiro atoms. The van der Waals surface area contributed by atoms with E-state index in [9.17, 15) is 22.8 Å². The number of nitrogens with zero attached hydrogens (tertiary/aromatic N) is 2. The lowest BCUT2D eigenvalue weighted by molar-refractivity contribution is -0.137. The van der Waals surface area contributed by atoms with Gasteiger partial charge in [0.15, 0.2) is 0 Å². The molecule has 162 valence electrons. The molecule has 0 atom stereocenters. The molecule has 0 aliphatic carbocycles. The predicted molar refractivity (Wildman–Crippen MR) is 115 cm³/mol. The second kappa shape index (κ2) is 8.66. The zero-order valence-electron chi connectivity index (χ0n) is 16.8. The maximum atomic E-state index is 12.9. The first-order valence-corrected chi connectivity index (χ1v) is 9.81. The second-order valence-corrected chi connectivity index (χ2v) is 7.24. The summed E-state index contributed by atoms with van der Waals surface area (Å²) in [7, 11) is 0. The number of carbonyl (C=O) groups excluding carboxylic acids is 1. The van der Waals surface area contributed by atoms with Crippen molar-refractivity contribution < 1.29 is 18.0 Å². The molecule has 0 fully saturated rings. The number of alkyl halides is 3. The van der Waals surface area contributed by atoms with Crippen LogP contribution in [0.3, 0.4) is 0 Å². The van der Waals surface area contributed by atoms with Gasteiger partial charge in [0.05, 0.1) is 16.6 Å². The molecular formula is C24H18F3N3O2. The molecule has 8 heteroatoms. The zero-order chi connectivity index (χ0) is 22.7. The Bertz CT molecular complexity index is 1330. The summed E-state index contributed by atoms with van der Waals surface area (Å²) < 4.78 is 39.8. The van der Waals surface area contributed by atoms with E-state index in [1.807, 2.05) is 36.4 Å². The Hall–Kier alpha value is -3.94. The van der Waals surface area contributed by atoms with Gasteiger partial charge in [-0.1, -0.05) is 54.6 Å². The maximum Gasteiger partial charge on any atom is 0.416 e. The quantitative estimate of drug-likeness (QED) is 0.495. The molecule has 1 amide bonds. The highest BCUT2D eigenvalue weighted by Crippen LogP contribution is 2.30. The van der Waals surface area contributed by atoms with E-state index in [0.29, 0.717) is 22.9 Å². The van der Waals surface area contributed by atoms with E-state index < -0.39 is 29.8 Å². The normalized spacial score (nSPS) is 11.5. The van der Waals surface area contributed by atoms with Gasteiger partial charge in [0.1, 0.15) is 6.54 Å². The van der Waals surface area contributed by atoms with Gasteiger partial charge in [-0.2, -0.15) is 18.3 Å². The number of amides is 1. The first kappa shape index (κ1) is 21.3. The zero-order valence-corrected chi connectivity index (χ0v) is 16.8. The van der Waals surface area contributed by atoms with E-state index in [4.69, 9.17) is 0 Å². The number of aromatic nitrogens is 2. The number of hydrogen-bond acceptors (Lipinski definition) is 3. The third-order valence-corrected chi connectivity index (χ3v) is 4.93. The maximum absolute atomic E-state index is 12.9. The molecule has 0 radical (unpaired) electrons. The number of benzene rings is 3. The van der Waals surface area contributed by atoms with E-state index in [0.717, 1.165) is 22.4 Å². The molecular weight excluding hydrogens is 419 g/mol. The molecule has 4 aromatic rings. The van der Waals surface area contributed by atoms with Crippen LogP contribution in [0, 0.1) is 0 Å². The molecule has 4 rings (SSSR count). The third-order valence-electron chi connectivity index (χ3n) is 4.93. The lowest BCUT2D eigenvalue weighted by Gasteiger charge is -2.12. The molecule has 0 unspecified atom stereocenters. The fraction of sp³-hybridized carbons (Fsp3) is 0.125. The van der Waals surface area contributed by atoms with Gasteiger partial charge in [0, 0.05) is 17.5 Å². The first-order valence-electron chi connectivity index (χ1n) is 9.81. The van der Waals surface area contributed by atoms with E-state index >= 15 is 0 Å². The van der Waals surface area contributed by atoms with Gasteiger partial charge in [-0.15, -0.1) is 0 Å². The number of nitrogens with one attached hydrogen (secondary N) is 1. The van der Waals surface area contributed by atoms with Crippen molar-refractivity contribution >= 4 is 22.4 Å². The topological polar surface area (TPSA) is 64.0 Å². The molecule has 1 aromatic heterocycles. The van der Waals surface area contributed by atoms with Crippen molar-refractivity contribution in [3.63, 3.8) is 0 Å². The van der Waals surface area contributed by atoms with Crippen molar-refractivity contribution in [2.24, 2.45) is 0 Å². The van der Waals surface area contributed by atoms with Crippen molar-refractivity contribution in [1.29, 1.82) is 0 Å². The van der Waals surface area contributed by atoms with Crippen LogP contribution >= 0.6 is 0 Å². The van der Waals surface area contributed by atoms with Crippen LogP contribution in [-0.2, 0) is 23.9 Å². The number of carbonyl (C=O) groups is 1. The van der Waals surface area contributed by atoms with Crippen LogP contribution < -0.4 is 10.9 Å². The minimum atomic E-state index is -4.52. The average Bonchev–Trinajstić information content (AvgIpc) is 2.77. The Balaban J connectivity index is 1.64. The van der Waals surface area contributed by atoms with Crippen molar-refractivity contribution in [3.8, 4) is 0 Å². The molecule has 32 heavy (non-hydrogen) atoms. The van der Waals surface area contributed by atoms with Crippen LogP contribution in [0.5, 0.6) is 0 Å². The van der Waals surface area contributed by atoms with Gasteiger partial charge < -0.3 is 5.32 Å². The Morgan fingerprint density at radius 1 is 0.906 bits per heavy atom. The minimum absolute atomic E-state index is 0.0110. The smallest absolute Gasteiger partial charge is 0.324 e. The van der Waals surface area contributed by atoms with Crippen molar-refractivity contribution in [2.75, 3.05) is 5.32 Å². The number of anilines is 1. The van der Waals surface area contributed by atoms with E-state index in [-0.39, 0.29) is 5.69 Å². The third kappa shape index (κ3) is 4.69. The number of rotatable bonds is 5. The highest BCUT2D eigenvalue weighted by Gasteiger charge is 2.30. The second-order valence-electron chi connectivity index (χ2n) is 7.24. The average molecular weight is 437 g/mol. The van der Waals surface area contributed by atoms with Crippen molar-refractivity contribution in [3.05, 3.63) is 106 Å². The summed E-state index contributed by atoms with van der Waals surface area (Å²) in [6.45, 7) is -0.429. The first-order chi connectivity index (χ1) is 15.3. The van der Waals surface area contributed by atoms with Crippen LogP contribution in [0.25, 0.3) is 10.8 Å². The molecule has 0 aliphatic rings. The monoisotopic (exact) mass is 437 g/mol. The Morgan fingerprint density at radius 3 is 2.31 bits per heavy atom. The summed E-state index contributed by atoms with van der Waals surface area (Å²) in [4.78, 5) is 25.4. The van der Waals surface area contributed by atoms with Gasteiger partial charge in [-0.05, 0) is 29.8 Å². The number of fused-ring (bicyclic) bond motifs is 1. The molecule has 1 heterocycles. The van der Waals surface area contributed by atoms with Crippen LogP contribution in [0.4, 0.5) is 18.9 Å². The van der Waals surface area contributed by atoms with Crippen LogP contribution in [0.2, 0.25) is 0 Å². The Labute approximate surface area is 181 Å². The fourth-order valence-corrected chi connectivity index (χ4v) is 3.44. The van der Waals surface area contributed by atoms with Gasteiger partial charge in [-0.25, -0.2) is 4.68 Å². The van der Waals surface area contributed by atoms with E-state index in [1.165, 1.54) is 12.1 Å². The molecule has 1 N–H and O–H groups in total. The highest BCUT2D eigenvalue weighted by molar-refractivity contribution is 5.91. The largest absolute Gasteiger partial charge is 0.416 e. The van der Waals surface area contributed by atoms with Crippen LogP contribution in [-0.4, -0.2) is 15.7 Å². The van der Waals surface area contributed by atoms with E-state index in [2.05, 4.69) is 10.4 Å². The van der Waals surface area contributed by atoms with Gasteiger partial charge in [-0.3, -0.25) is 9.59 Å². The van der Waals surface area contributed by atoms with Gasteiger partial charge in [0.25, 0.3) is 5.56 Å². The summed E-state index contributed by atoms with van der Waals surface area (Å²) in [6.07, 6.45) is -4.07. The fourth-order valence-electron chi connectivity index (χ4n) is 3.44. The predicted octanol–water partition coefficient (Wildman–Crippen LogP) is 4.64. The lowest BCUT2D eigenvalue weighted by atomic mass is 10.0. The Kier molecular flexibility index (Phi) is 5.77. The molecule has 0 saturated carbocycles. The standard InChI is InChI=1S/C24H18F3N3O2/c25-24(26,27)17-9-6-10-18(14-17)28-22(31)15-30-23(32)20-12-5-4-11-19(20)21(29-30)13-16-7-2-1-3-8-16/h1-12,14H,13,15H2,(H,28,31). The van der Waals surface area contributed by atoms with Crippen molar-refractivity contribution in [1.82, 2.24) is 9.78 Å². The number of hydrogen-bond donors (Lipinski definition) is 1. The summed E-state index contributed by atoms with van der Waals surface area (Å²) >= 11 is 0. The lowest BCUT2D eigenvalue weighted by Crippen LogP contribution is -2.30. The number of halogens is 3. The van der Waals surface area contributed by atoms with Crippen LogP contribution in [0.1, 0.15) is 16.8 Å². The molecule has 0 bridgehead atoms.